The maximum absolute atomic E-state index is 14.5. The predicted octanol–water partition coefficient (Wildman–Crippen LogP) is 4.46. The van der Waals surface area contributed by atoms with Crippen molar-refractivity contribution >= 4 is 22.6 Å². The van der Waals surface area contributed by atoms with Crippen LogP contribution in [0.2, 0.25) is 0 Å². The van der Waals surface area contributed by atoms with E-state index in [1.807, 2.05) is 18.2 Å². The van der Waals surface area contributed by atoms with E-state index >= 15 is 0 Å². The molecule has 1 aliphatic carbocycles. The fourth-order valence-electron chi connectivity index (χ4n) is 7.30. The lowest BCUT2D eigenvalue weighted by Crippen LogP contribution is -2.45. The van der Waals surface area contributed by atoms with Crippen molar-refractivity contribution in [1.29, 1.82) is 0 Å². The van der Waals surface area contributed by atoms with Gasteiger partial charge >= 0.3 is 5.69 Å². The zero-order chi connectivity index (χ0) is 35.1. The molecule has 2 fully saturated rings. The van der Waals surface area contributed by atoms with Crippen LogP contribution >= 0.6 is 0 Å². The Morgan fingerprint density at radius 1 is 0.882 bits per heavy atom. The Kier molecular flexibility index (Phi) is 8.74. The molecule has 11 nitrogen and oxygen atoms in total. The van der Waals surface area contributed by atoms with E-state index in [0.717, 1.165) is 56.1 Å². The molecule has 260 valence electrons. The molecule has 0 atom stereocenters. The van der Waals surface area contributed by atoms with Crippen LogP contribution in [-0.2, 0) is 6.54 Å². The summed E-state index contributed by atoms with van der Waals surface area (Å²) in [7, 11) is 0. The average Bonchev–Trinajstić information content (AvgIpc) is 3.57. The van der Waals surface area contributed by atoms with Gasteiger partial charge < -0.3 is 15.0 Å². The van der Waals surface area contributed by atoms with Crippen LogP contribution in [-0.4, -0.2) is 66.5 Å². The number of hydrogen-bond donors (Lipinski definition) is 2. The van der Waals surface area contributed by atoms with Crippen LogP contribution < -0.4 is 21.9 Å². The molecule has 1 saturated heterocycles. The van der Waals surface area contributed by atoms with Gasteiger partial charge in [-0.25, -0.2) is 28.1 Å². The smallest absolute Gasteiger partial charge is 0.337 e. The van der Waals surface area contributed by atoms with E-state index in [4.69, 9.17) is 0 Å². The van der Waals surface area contributed by atoms with Gasteiger partial charge in [0.1, 0.15) is 23.0 Å². The first-order valence-electron chi connectivity index (χ1n) is 17.2. The van der Waals surface area contributed by atoms with Gasteiger partial charge in [0, 0.05) is 57.2 Å². The van der Waals surface area contributed by atoms with E-state index in [9.17, 15) is 23.2 Å². The molecule has 51 heavy (non-hydrogen) atoms. The number of benzene rings is 2. The van der Waals surface area contributed by atoms with Crippen LogP contribution in [0.15, 0.2) is 94.9 Å². The standard InChI is InChI=1S/C38H36F2N8O3/c39-27-8-13-34-44-33(23-46(34)22-27)36(49)43-29-9-11-30(12-10-29)48-37(50)32-19-28(40)20-42-35(32)47(38(48)51)31-3-1-2-26(18-31)25-6-4-24(5-7-25)21-45-16-14-41-15-17-45/h1-8,13,18-20,22-23,29-30,41H,9-12,14-17,21H2,(H,43,49). The van der Waals surface area contributed by atoms with E-state index in [1.165, 1.54) is 43.6 Å². The molecule has 0 radical (unpaired) electrons. The van der Waals surface area contributed by atoms with Crippen LogP contribution in [0.25, 0.3) is 33.5 Å². The zero-order valence-electron chi connectivity index (χ0n) is 27.8. The molecule has 2 aliphatic rings. The third-order valence-corrected chi connectivity index (χ3v) is 9.94. The molecular weight excluding hydrogens is 654 g/mol. The Morgan fingerprint density at radius 3 is 2.45 bits per heavy atom. The minimum atomic E-state index is -0.674. The third-order valence-electron chi connectivity index (χ3n) is 9.94. The molecule has 1 aliphatic heterocycles. The summed E-state index contributed by atoms with van der Waals surface area (Å²) in [5, 5.41) is 6.38. The van der Waals surface area contributed by atoms with Crippen LogP contribution in [0.5, 0.6) is 0 Å². The number of pyridine rings is 2. The number of nitrogens with one attached hydrogen (secondary N) is 2. The Morgan fingerprint density at radius 2 is 1.67 bits per heavy atom. The van der Waals surface area contributed by atoms with Crippen molar-refractivity contribution in [3.63, 3.8) is 0 Å². The summed E-state index contributed by atoms with van der Waals surface area (Å²) in [5.41, 5.74) is 3.13. The Balaban J connectivity index is 1.05. The summed E-state index contributed by atoms with van der Waals surface area (Å²) in [5.74, 6) is -1.50. The number of amides is 1. The normalized spacial score (nSPS) is 18.3. The SMILES string of the molecule is O=C(NC1CCC(n2c(=O)c3cc(F)cnc3n(-c3cccc(-c4ccc(CN5CCNCC5)cc4)c3)c2=O)CC1)c1cn2cc(F)ccc2n1. The Labute approximate surface area is 291 Å². The number of carbonyl (C=O) groups is 1. The number of fused-ring (bicyclic) bond motifs is 2. The van der Waals surface area contributed by atoms with Gasteiger partial charge in [0.25, 0.3) is 11.5 Å². The highest BCUT2D eigenvalue weighted by molar-refractivity contribution is 5.93. The number of carbonyl (C=O) groups excluding carboxylic acids is 1. The van der Waals surface area contributed by atoms with Crippen molar-refractivity contribution in [2.24, 2.45) is 0 Å². The Hall–Kier alpha value is -5.53. The number of imidazole rings is 1. The lowest BCUT2D eigenvalue weighted by Gasteiger charge is -2.30. The van der Waals surface area contributed by atoms with Crippen LogP contribution in [0.4, 0.5) is 8.78 Å². The maximum atomic E-state index is 14.5. The highest BCUT2D eigenvalue weighted by Crippen LogP contribution is 2.29. The number of piperazine rings is 1. The first-order chi connectivity index (χ1) is 24.8. The van der Waals surface area contributed by atoms with Crippen molar-refractivity contribution < 1.29 is 13.6 Å². The van der Waals surface area contributed by atoms with Crippen molar-refractivity contribution in [3.05, 3.63) is 129 Å². The first kappa shape index (κ1) is 32.7. The van der Waals surface area contributed by atoms with Gasteiger partial charge in [-0.05, 0) is 72.7 Å². The average molecular weight is 691 g/mol. The number of halogens is 2. The molecule has 0 spiro atoms. The second-order valence-electron chi connectivity index (χ2n) is 13.3. The molecular formula is C38H36F2N8O3. The van der Waals surface area contributed by atoms with Crippen molar-refractivity contribution in [2.45, 2.75) is 44.3 Å². The summed E-state index contributed by atoms with van der Waals surface area (Å²) >= 11 is 0. The number of rotatable bonds is 7. The first-order valence-corrected chi connectivity index (χ1v) is 17.2. The minimum Gasteiger partial charge on any atom is -0.348 e. The lowest BCUT2D eigenvalue weighted by molar-refractivity contribution is 0.0917. The van der Waals surface area contributed by atoms with E-state index < -0.39 is 28.9 Å². The quantitative estimate of drug-likeness (QED) is 0.254. The molecule has 1 amide bonds. The van der Waals surface area contributed by atoms with Crippen molar-refractivity contribution in [3.8, 4) is 16.8 Å². The van der Waals surface area contributed by atoms with Gasteiger partial charge in [0.2, 0.25) is 0 Å². The van der Waals surface area contributed by atoms with Crippen molar-refractivity contribution in [2.75, 3.05) is 26.2 Å². The molecule has 2 aromatic carbocycles. The summed E-state index contributed by atoms with van der Waals surface area (Å²) in [6.07, 6.45) is 5.62. The van der Waals surface area contributed by atoms with Gasteiger partial charge in [-0.1, -0.05) is 36.4 Å². The highest BCUT2D eigenvalue weighted by atomic mass is 19.1. The van der Waals surface area contributed by atoms with Crippen molar-refractivity contribution in [1.82, 2.24) is 39.0 Å². The van der Waals surface area contributed by atoms with E-state index in [1.54, 1.807) is 6.07 Å². The molecule has 1 saturated carbocycles. The number of nitrogens with zero attached hydrogens (tertiary/aromatic N) is 6. The fourth-order valence-corrected chi connectivity index (χ4v) is 7.30. The molecule has 0 unspecified atom stereocenters. The van der Waals surface area contributed by atoms with E-state index in [-0.39, 0.29) is 28.7 Å². The predicted molar refractivity (Wildman–Crippen MR) is 189 cm³/mol. The third kappa shape index (κ3) is 6.57. The molecule has 4 aromatic heterocycles. The maximum Gasteiger partial charge on any atom is 0.337 e. The molecule has 2 N–H and O–H groups in total. The summed E-state index contributed by atoms with van der Waals surface area (Å²) in [4.78, 5) is 52.1. The monoisotopic (exact) mass is 690 g/mol. The zero-order valence-corrected chi connectivity index (χ0v) is 27.8. The largest absolute Gasteiger partial charge is 0.348 e. The summed E-state index contributed by atoms with van der Waals surface area (Å²) in [6, 6.07) is 19.1. The second kappa shape index (κ2) is 13.6. The van der Waals surface area contributed by atoms with Gasteiger partial charge in [-0.2, -0.15) is 0 Å². The second-order valence-corrected chi connectivity index (χ2v) is 13.3. The molecule has 0 bridgehead atoms. The van der Waals surface area contributed by atoms with E-state index in [2.05, 4.69) is 49.8 Å². The van der Waals surface area contributed by atoms with Gasteiger partial charge in [-0.3, -0.25) is 19.1 Å². The van der Waals surface area contributed by atoms with Crippen LogP contribution in [0.1, 0.15) is 47.8 Å². The topological polar surface area (TPSA) is 119 Å². The van der Waals surface area contributed by atoms with Crippen LogP contribution in [0, 0.1) is 11.6 Å². The highest BCUT2D eigenvalue weighted by Gasteiger charge is 2.29. The lowest BCUT2D eigenvalue weighted by atomic mass is 9.90. The molecule has 13 heteroatoms. The van der Waals surface area contributed by atoms with Gasteiger partial charge in [-0.15, -0.1) is 0 Å². The molecule has 6 aromatic rings. The van der Waals surface area contributed by atoms with Crippen LogP contribution in [0.3, 0.4) is 0 Å². The molecule has 5 heterocycles. The van der Waals surface area contributed by atoms with Gasteiger partial charge in [0.05, 0.1) is 17.3 Å². The van der Waals surface area contributed by atoms with Gasteiger partial charge in [0.15, 0.2) is 5.65 Å². The minimum absolute atomic E-state index is 0.0102. The summed E-state index contributed by atoms with van der Waals surface area (Å²) < 4.78 is 32.2. The number of aromatic nitrogens is 5. The Bertz CT molecular complexity index is 2370. The summed E-state index contributed by atoms with van der Waals surface area (Å²) in [6.45, 7) is 4.88. The van der Waals surface area contributed by atoms with E-state index in [0.29, 0.717) is 37.0 Å². The fraction of sp³-hybridized carbons (Fsp3) is 0.289. The molecule has 8 rings (SSSR count). The number of hydrogen-bond acceptors (Lipinski definition) is 7.